The molecule has 1 unspecified atom stereocenters. The van der Waals surface area contributed by atoms with Crippen LogP contribution in [0.25, 0.3) is 0 Å². The van der Waals surface area contributed by atoms with E-state index in [2.05, 4.69) is 0 Å². The van der Waals surface area contributed by atoms with Gasteiger partial charge in [0.15, 0.2) is 0 Å². The summed E-state index contributed by atoms with van der Waals surface area (Å²) >= 11 is 0. The monoisotopic (exact) mass is 302 g/mol. The number of aliphatic hydroxyl groups excluding tert-OH is 1. The number of hydrogen-bond donors (Lipinski definition) is 1. The molecule has 1 atom stereocenters. The molecule has 21 heavy (non-hydrogen) atoms. The van der Waals surface area contributed by atoms with Crippen LogP contribution in [0.4, 0.5) is 13.2 Å². The maximum absolute atomic E-state index is 12.7. The Morgan fingerprint density at radius 1 is 1.29 bits per heavy atom. The fourth-order valence-corrected chi connectivity index (χ4v) is 3.12. The zero-order chi connectivity index (χ0) is 15.5. The van der Waals surface area contributed by atoms with Crippen LogP contribution in [0, 0.1) is 0 Å². The van der Waals surface area contributed by atoms with Gasteiger partial charge < -0.3 is 9.84 Å². The highest BCUT2D eigenvalue weighted by molar-refractivity contribution is 5.26. The lowest BCUT2D eigenvalue weighted by atomic mass is 9.89. The van der Waals surface area contributed by atoms with Crippen molar-refractivity contribution in [2.45, 2.75) is 56.9 Å². The van der Waals surface area contributed by atoms with Crippen molar-refractivity contribution in [1.82, 2.24) is 0 Å². The first-order valence-corrected chi connectivity index (χ1v) is 7.35. The summed E-state index contributed by atoms with van der Waals surface area (Å²) < 4.78 is 43.9. The van der Waals surface area contributed by atoms with Crippen molar-refractivity contribution in [3.05, 3.63) is 35.4 Å². The predicted molar refractivity (Wildman–Crippen MR) is 74.0 cm³/mol. The van der Waals surface area contributed by atoms with Crippen molar-refractivity contribution < 1.29 is 23.0 Å². The summed E-state index contributed by atoms with van der Waals surface area (Å²) in [7, 11) is 0. The standard InChI is InChI=1S/C16H21F3O2/c1-2-21-15(8-3-4-9-15)14(20)11-12-6-5-7-13(10-12)16(17,18)19/h5-7,10,14,20H,2-4,8-9,11H2,1H3. The van der Waals surface area contributed by atoms with E-state index >= 15 is 0 Å². The van der Waals surface area contributed by atoms with Gasteiger partial charge in [0.25, 0.3) is 0 Å². The maximum Gasteiger partial charge on any atom is 0.416 e. The van der Waals surface area contributed by atoms with Crippen molar-refractivity contribution in [1.29, 1.82) is 0 Å². The van der Waals surface area contributed by atoms with Crippen LogP contribution in [0.2, 0.25) is 0 Å². The molecule has 5 heteroatoms. The van der Waals surface area contributed by atoms with E-state index in [9.17, 15) is 18.3 Å². The maximum atomic E-state index is 12.7. The summed E-state index contributed by atoms with van der Waals surface area (Å²) in [6.45, 7) is 2.37. The summed E-state index contributed by atoms with van der Waals surface area (Å²) in [6, 6.07) is 5.15. The number of benzene rings is 1. The van der Waals surface area contributed by atoms with E-state index in [1.165, 1.54) is 6.07 Å². The van der Waals surface area contributed by atoms with E-state index in [1.807, 2.05) is 6.92 Å². The van der Waals surface area contributed by atoms with Gasteiger partial charge in [0.2, 0.25) is 0 Å². The van der Waals surface area contributed by atoms with Gasteiger partial charge in [-0.15, -0.1) is 0 Å². The normalized spacial score (nSPS) is 19.7. The molecule has 1 saturated carbocycles. The molecule has 0 radical (unpaired) electrons. The molecule has 2 rings (SSSR count). The van der Waals surface area contributed by atoms with Crippen molar-refractivity contribution >= 4 is 0 Å². The third-order valence-corrected chi connectivity index (χ3v) is 4.17. The molecule has 0 bridgehead atoms. The second-order valence-electron chi connectivity index (χ2n) is 5.62. The predicted octanol–water partition coefficient (Wildman–Crippen LogP) is 3.96. The molecule has 1 aromatic rings. The first kappa shape index (κ1) is 16.3. The van der Waals surface area contributed by atoms with Gasteiger partial charge in [0.05, 0.1) is 17.3 Å². The third kappa shape index (κ3) is 3.77. The van der Waals surface area contributed by atoms with Gasteiger partial charge in [-0.05, 0) is 31.4 Å². The van der Waals surface area contributed by atoms with Crippen LogP contribution in [0.15, 0.2) is 24.3 Å². The summed E-state index contributed by atoms with van der Waals surface area (Å²) in [5, 5.41) is 10.5. The lowest BCUT2D eigenvalue weighted by Gasteiger charge is -2.34. The minimum absolute atomic E-state index is 0.184. The minimum Gasteiger partial charge on any atom is -0.390 e. The van der Waals surface area contributed by atoms with E-state index < -0.39 is 23.4 Å². The zero-order valence-electron chi connectivity index (χ0n) is 12.1. The first-order valence-electron chi connectivity index (χ1n) is 7.35. The van der Waals surface area contributed by atoms with Crippen molar-refractivity contribution in [2.24, 2.45) is 0 Å². The van der Waals surface area contributed by atoms with E-state index in [-0.39, 0.29) is 6.42 Å². The zero-order valence-corrected chi connectivity index (χ0v) is 12.1. The Kier molecular flexibility index (Phi) is 4.94. The number of rotatable bonds is 5. The van der Waals surface area contributed by atoms with Crippen molar-refractivity contribution in [3.8, 4) is 0 Å². The Bertz CT molecular complexity index is 465. The Morgan fingerprint density at radius 2 is 1.95 bits per heavy atom. The van der Waals surface area contributed by atoms with Crippen LogP contribution in [0.3, 0.4) is 0 Å². The summed E-state index contributed by atoms with van der Waals surface area (Å²) in [6.07, 6.45) is -1.44. The molecule has 2 nitrogen and oxygen atoms in total. The van der Waals surface area contributed by atoms with Gasteiger partial charge in [-0.2, -0.15) is 13.2 Å². The molecule has 0 amide bonds. The smallest absolute Gasteiger partial charge is 0.390 e. The van der Waals surface area contributed by atoms with Gasteiger partial charge in [0.1, 0.15) is 0 Å². The van der Waals surface area contributed by atoms with Crippen molar-refractivity contribution in [2.75, 3.05) is 6.61 Å². The Balaban J connectivity index is 2.13. The van der Waals surface area contributed by atoms with Crippen molar-refractivity contribution in [3.63, 3.8) is 0 Å². The Morgan fingerprint density at radius 3 is 2.52 bits per heavy atom. The number of hydrogen-bond acceptors (Lipinski definition) is 2. The van der Waals surface area contributed by atoms with Gasteiger partial charge in [-0.3, -0.25) is 0 Å². The second kappa shape index (κ2) is 6.36. The summed E-state index contributed by atoms with van der Waals surface area (Å²) in [5.41, 5.74) is -0.782. The number of ether oxygens (including phenoxy) is 1. The molecule has 0 heterocycles. The van der Waals surface area contributed by atoms with E-state index in [0.717, 1.165) is 37.8 Å². The van der Waals surface area contributed by atoms with Gasteiger partial charge >= 0.3 is 6.18 Å². The molecule has 1 N–H and O–H groups in total. The minimum atomic E-state index is -4.36. The second-order valence-corrected chi connectivity index (χ2v) is 5.62. The molecule has 1 aromatic carbocycles. The average molecular weight is 302 g/mol. The Labute approximate surface area is 122 Å². The third-order valence-electron chi connectivity index (χ3n) is 4.17. The average Bonchev–Trinajstić information content (AvgIpc) is 2.88. The van der Waals surface area contributed by atoms with E-state index in [0.29, 0.717) is 12.2 Å². The van der Waals surface area contributed by atoms with Gasteiger partial charge in [0, 0.05) is 13.0 Å². The molecule has 0 saturated heterocycles. The molecule has 0 aliphatic heterocycles. The molecular formula is C16H21F3O2. The lowest BCUT2D eigenvalue weighted by Crippen LogP contribution is -2.43. The molecule has 1 aliphatic rings. The van der Waals surface area contributed by atoms with Crippen LogP contribution in [0.1, 0.15) is 43.7 Å². The van der Waals surface area contributed by atoms with Crippen LogP contribution < -0.4 is 0 Å². The van der Waals surface area contributed by atoms with Crippen LogP contribution >= 0.6 is 0 Å². The van der Waals surface area contributed by atoms with E-state index in [1.54, 1.807) is 6.07 Å². The highest BCUT2D eigenvalue weighted by Crippen LogP contribution is 2.38. The molecule has 0 aromatic heterocycles. The topological polar surface area (TPSA) is 29.5 Å². The Hall–Kier alpha value is -1.07. The fraction of sp³-hybridized carbons (Fsp3) is 0.625. The summed E-state index contributed by atoms with van der Waals surface area (Å²) in [5.74, 6) is 0. The molecule has 1 aliphatic carbocycles. The fourth-order valence-electron chi connectivity index (χ4n) is 3.12. The number of halogens is 3. The van der Waals surface area contributed by atoms with Crippen LogP contribution in [0.5, 0.6) is 0 Å². The van der Waals surface area contributed by atoms with Gasteiger partial charge in [-0.1, -0.05) is 31.0 Å². The van der Waals surface area contributed by atoms with Gasteiger partial charge in [-0.25, -0.2) is 0 Å². The number of alkyl halides is 3. The molecule has 118 valence electrons. The largest absolute Gasteiger partial charge is 0.416 e. The van der Waals surface area contributed by atoms with E-state index in [4.69, 9.17) is 4.74 Å². The SMILES string of the molecule is CCOC1(C(O)Cc2cccc(C(F)(F)F)c2)CCCC1. The first-order chi connectivity index (χ1) is 9.87. The van der Waals surface area contributed by atoms with Crippen LogP contribution in [-0.2, 0) is 17.3 Å². The number of aliphatic hydroxyl groups is 1. The van der Waals surface area contributed by atoms with Crippen LogP contribution in [-0.4, -0.2) is 23.4 Å². The highest BCUT2D eigenvalue weighted by atomic mass is 19.4. The highest BCUT2D eigenvalue weighted by Gasteiger charge is 2.41. The lowest BCUT2D eigenvalue weighted by molar-refractivity contribution is -0.137. The quantitative estimate of drug-likeness (QED) is 0.892. The summed E-state index contributed by atoms with van der Waals surface area (Å²) in [4.78, 5) is 0. The molecule has 1 fully saturated rings. The molecular weight excluding hydrogens is 281 g/mol. The molecule has 0 spiro atoms.